The van der Waals surface area contributed by atoms with E-state index in [4.69, 9.17) is 30.8 Å². The fourth-order valence-electron chi connectivity index (χ4n) is 6.44. The predicted molar refractivity (Wildman–Crippen MR) is 230 cm³/mol. The molecule has 0 spiro atoms. The maximum absolute atomic E-state index is 13.8. The SMILES string of the molecule is COc1nc(-c2ccnc(-c3cccc(NC(=O)c4nc(CNCCO)cn4COCC[Si](C)(C)C)c3C)c2Cl)ccc1CN(C[C@@H]1CCC(=O)N1)C(=O)OC(C)(C)C. The van der Waals surface area contributed by atoms with Gasteiger partial charge in [-0.05, 0) is 70.0 Å². The number of carbonyl (C=O) groups is 3. The molecule has 0 bridgehead atoms. The van der Waals surface area contributed by atoms with Gasteiger partial charge in [-0.15, -0.1) is 0 Å². The third kappa shape index (κ3) is 12.6. The highest BCUT2D eigenvalue weighted by atomic mass is 35.5. The summed E-state index contributed by atoms with van der Waals surface area (Å²) in [5.41, 5.74) is 4.20. The van der Waals surface area contributed by atoms with Gasteiger partial charge in [-0.2, -0.15) is 0 Å². The van der Waals surface area contributed by atoms with Gasteiger partial charge in [0.05, 0.1) is 42.4 Å². The van der Waals surface area contributed by atoms with Crippen molar-refractivity contribution in [3.05, 3.63) is 76.5 Å². The second-order valence-electron chi connectivity index (χ2n) is 16.8. The second kappa shape index (κ2) is 19.9. The van der Waals surface area contributed by atoms with Gasteiger partial charge in [0.25, 0.3) is 5.91 Å². The minimum absolute atomic E-state index is 0.0113. The quantitative estimate of drug-likeness (QED) is 0.0623. The minimum Gasteiger partial charge on any atom is -0.481 e. The lowest BCUT2D eigenvalue weighted by Gasteiger charge is -2.29. The molecule has 59 heavy (non-hydrogen) atoms. The summed E-state index contributed by atoms with van der Waals surface area (Å²) in [6.45, 7) is 16.1. The first-order valence-electron chi connectivity index (χ1n) is 19.8. The average molecular weight is 850 g/mol. The van der Waals surface area contributed by atoms with Crippen molar-refractivity contribution in [3.8, 4) is 28.4 Å². The highest BCUT2D eigenvalue weighted by Gasteiger charge is 2.30. The van der Waals surface area contributed by atoms with E-state index in [0.29, 0.717) is 82.9 Å². The molecule has 1 aliphatic rings. The molecule has 0 saturated carbocycles. The van der Waals surface area contributed by atoms with Crippen molar-refractivity contribution in [3.63, 3.8) is 0 Å². The van der Waals surface area contributed by atoms with E-state index in [1.807, 2.05) is 31.2 Å². The summed E-state index contributed by atoms with van der Waals surface area (Å²) in [6.07, 6.45) is 3.95. The van der Waals surface area contributed by atoms with Crippen LogP contribution < -0.4 is 20.7 Å². The molecule has 15 nitrogen and oxygen atoms in total. The first kappa shape index (κ1) is 45.2. The lowest BCUT2D eigenvalue weighted by Crippen LogP contribution is -2.43. The number of carbonyl (C=O) groups excluding carboxylic acids is 3. The highest BCUT2D eigenvalue weighted by Crippen LogP contribution is 2.38. The zero-order valence-electron chi connectivity index (χ0n) is 35.3. The van der Waals surface area contributed by atoms with E-state index in [-0.39, 0.29) is 44.2 Å². The van der Waals surface area contributed by atoms with Gasteiger partial charge in [-0.3, -0.25) is 14.6 Å². The summed E-state index contributed by atoms with van der Waals surface area (Å²) in [6, 6.07) is 11.7. The summed E-state index contributed by atoms with van der Waals surface area (Å²) in [5.74, 6) is 0.0482. The van der Waals surface area contributed by atoms with Crippen LogP contribution in [0.25, 0.3) is 22.5 Å². The number of methoxy groups -OCH3 is 1. The maximum Gasteiger partial charge on any atom is 0.410 e. The van der Waals surface area contributed by atoms with E-state index in [1.165, 1.54) is 7.11 Å². The van der Waals surface area contributed by atoms with Crippen molar-refractivity contribution >= 4 is 43.3 Å². The number of amides is 3. The summed E-state index contributed by atoms with van der Waals surface area (Å²) in [5, 5.41) is 18.6. The van der Waals surface area contributed by atoms with Crippen LogP contribution in [0.4, 0.5) is 10.5 Å². The third-order valence-corrected chi connectivity index (χ3v) is 11.6. The first-order valence-corrected chi connectivity index (χ1v) is 23.9. The smallest absolute Gasteiger partial charge is 0.410 e. The van der Waals surface area contributed by atoms with E-state index >= 15 is 0 Å². The van der Waals surface area contributed by atoms with Gasteiger partial charge in [0.2, 0.25) is 17.6 Å². The van der Waals surface area contributed by atoms with E-state index in [9.17, 15) is 19.5 Å². The Balaban J connectivity index is 1.38. The number of pyridine rings is 2. The van der Waals surface area contributed by atoms with E-state index < -0.39 is 25.7 Å². The van der Waals surface area contributed by atoms with Crippen LogP contribution >= 0.6 is 11.6 Å². The Kier molecular flexibility index (Phi) is 15.3. The Morgan fingerprint density at radius 1 is 1.12 bits per heavy atom. The molecule has 0 radical (unpaired) electrons. The maximum atomic E-state index is 13.8. The van der Waals surface area contributed by atoms with Gasteiger partial charge >= 0.3 is 6.09 Å². The fourth-order valence-corrected chi connectivity index (χ4v) is 7.51. The number of benzene rings is 1. The molecular weight excluding hydrogens is 792 g/mol. The Morgan fingerprint density at radius 2 is 1.90 bits per heavy atom. The van der Waals surface area contributed by atoms with Crippen LogP contribution in [0.5, 0.6) is 5.88 Å². The van der Waals surface area contributed by atoms with Crippen LogP contribution in [-0.4, -0.2) is 101 Å². The van der Waals surface area contributed by atoms with Gasteiger partial charge < -0.3 is 44.7 Å². The molecule has 1 saturated heterocycles. The molecule has 1 aliphatic heterocycles. The molecule has 3 amide bonds. The van der Waals surface area contributed by atoms with Crippen LogP contribution in [0.2, 0.25) is 30.7 Å². The van der Waals surface area contributed by atoms with Crippen LogP contribution in [-0.2, 0) is 34.1 Å². The molecule has 4 aromatic rings. The number of aliphatic hydroxyl groups excluding tert-OH is 1. The van der Waals surface area contributed by atoms with Gasteiger partial charge in [0.15, 0.2) is 0 Å². The molecule has 1 atom stereocenters. The Morgan fingerprint density at radius 3 is 2.58 bits per heavy atom. The molecular formula is C42H57ClN8O7Si. The van der Waals surface area contributed by atoms with Gasteiger partial charge in [0, 0.05) is 81.5 Å². The number of halogens is 1. The van der Waals surface area contributed by atoms with Crippen molar-refractivity contribution in [2.45, 2.75) is 97.7 Å². The van der Waals surface area contributed by atoms with Crippen LogP contribution in [0, 0.1) is 6.92 Å². The average Bonchev–Trinajstić information content (AvgIpc) is 3.78. The molecule has 4 N–H and O–H groups in total. The number of aliphatic hydroxyl groups is 1. The van der Waals surface area contributed by atoms with Crippen molar-refractivity contribution < 1.29 is 33.7 Å². The van der Waals surface area contributed by atoms with Crippen molar-refractivity contribution in [1.29, 1.82) is 0 Å². The Labute approximate surface area is 352 Å². The Hall–Kier alpha value is -4.87. The fraction of sp³-hybridized carbons (Fsp3) is 0.476. The molecule has 0 aliphatic carbocycles. The van der Waals surface area contributed by atoms with Gasteiger partial charge in [-0.1, -0.05) is 43.4 Å². The number of ether oxygens (including phenoxy) is 3. The molecule has 1 fully saturated rings. The topological polar surface area (TPSA) is 182 Å². The molecule has 318 valence electrons. The number of hydrogen-bond acceptors (Lipinski definition) is 11. The molecule has 5 rings (SSSR count). The molecule has 0 unspecified atom stereocenters. The molecule has 1 aromatic carbocycles. The van der Waals surface area contributed by atoms with E-state index in [2.05, 4.69) is 45.6 Å². The second-order valence-corrected chi connectivity index (χ2v) is 22.8. The number of anilines is 1. The number of imidazole rings is 1. The third-order valence-electron chi connectivity index (χ3n) is 9.52. The largest absolute Gasteiger partial charge is 0.481 e. The lowest BCUT2D eigenvalue weighted by atomic mass is 10.0. The zero-order valence-corrected chi connectivity index (χ0v) is 37.0. The van der Waals surface area contributed by atoms with Crippen molar-refractivity contribution in [1.82, 2.24) is 35.1 Å². The monoisotopic (exact) mass is 848 g/mol. The zero-order chi connectivity index (χ0) is 42.9. The molecule has 4 heterocycles. The van der Waals surface area contributed by atoms with Gasteiger partial charge in [0.1, 0.15) is 12.3 Å². The lowest BCUT2D eigenvalue weighted by molar-refractivity contribution is -0.119. The normalized spacial score (nSPS) is 14.3. The minimum atomic E-state index is -1.31. The summed E-state index contributed by atoms with van der Waals surface area (Å²) < 4.78 is 19.1. The Bertz CT molecular complexity index is 2120. The number of nitrogens with one attached hydrogen (secondary N) is 3. The van der Waals surface area contributed by atoms with Crippen LogP contribution in [0.1, 0.15) is 61.1 Å². The molecule has 17 heteroatoms. The van der Waals surface area contributed by atoms with E-state index in [0.717, 1.165) is 11.6 Å². The number of nitrogens with zero attached hydrogens (tertiary/aromatic N) is 5. The van der Waals surface area contributed by atoms with Crippen molar-refractivity contribution in [2.75, 3.05) is 38.7 Å². The highest BCUT2D eigenvalue weighted by molar-refractivity contribution is 6.76. The number of rotatable bonds is 18. The number of hydrogen-bond donors (Lipinski definition) is 4. The van der Waals surface area contributed by atoms with Gasteiger partial charge in [-0.25, -0.2) is 14.8 Å². The van der Waals surface area contributed by atoms with Crippen LogP contribution in [0.15, 0.2) is 48.8 Å². The number of aromatic nitrogens is 4. The van der Waals surface area contributed by atoms with E-state index in [1.54, 1.807) is 54.8 Å². The first-order chi connectivity index (χ1) is 28.0. The summed E-state index contributed by atoms with van der Waals surface area (Å²) >= 11 is 7.12. The summed E-state index contributed by atoms with van der Waals surface area (Å²) in [7, 11) is 0.204. The molecule has 3 aromatic heterocycles. The van der Waals surface area contributed by atoms with Crippen LogP contribution in [0.3, 0.4) is 0 Å². The van der Waals surface area contributed by atoms with Crippen molar-refractivity contribution in [2.24, 2.45) is 0 Å². The predicted octanol–water partition coefficient (Wildman–Crippen LogP) is 6.64. The standard InChI is InChI=1S/C42H57ClN8O7Si/c1-27-31(10-9-11-33(27)48-39(54)38-47-30(22-44-18-19-52)25-51(38)26-57-20-21-59(6,7)8)37-36(43)32(16-17-45-37)34-14-12-28(40(49-34)56-5)23-50(41(55)58-42(2,3)4)24-29-13-15-35(53)46-29/h9-12,14,16-17,25,29,44,52H,13,15,18-24,26H2,1-8H3,(H,46,53)(H,48,54)/t29-/m0/s1. The summed E-state index contributed by atoms with van der Waals surface area (Å²) in [4.78, 5) is 54.7.